The van der Waals surface area contributed by atoms with E-state index in [0.717, 1.165) is 31.6 Å². The second-order valence-electron chi connectivity index (χ2n) is 5.39. The Balaban J connectivity index is 1.53. The molecule has 0 spiro atoms. The highest BCUT2D eigenvalue weighted by Crippen LogP contribution is 2.25. The molecule has 0 N–H and O–H groups in total. The molecule has 3 rings (SSSR count). The van der Waals surface area contributed by atoms with Gasteiger partial charge in [0.1, 0.15) is 6.07 Å². The fourth-order valence-corrected chi connectivity index (χ4v) is 2.71. The van der Waals surface area contributed by atoms with Gasteiger partial charge >= 0.3 is 0 Å². The number of anilines is 1. The molecule has 1 fully saturated rings. The van der Waals surface area contributed by atoms with Gasteiger partial charge < -0.3 is 9.64 Å². The highest BCUT2D eigenvalue weighted by Gasteiger charge is 2.22. The molecule has 5 nitrogen and oxygen atoms in total. The van der Waals surface area contributed by atoms with Crippen molar-refractivity contribution in [1.29, 1.82) is 5.26 Å². The highest BCUT2D eigenvalue weighted by atomic mass is 16.5. The summed E-state index contributed by atoms with van der Waals surface area (Å²) in [5.41, 5.74) is 1.44. The number of nitrogens with zero attached hydrogens (tertiary/aromatic N) is 4. The van der Waals surface area contributed by atoms with Crippen LogP contribution in [0.1, 0.15) is 18.5 Å². The molecule has 0 radical (unpaired) electrons. The van der Waals surface area contributed by atoms with Gasteiger partial charge in [0.05, 0.1) is 12.3 Å². The molecule has 0 atom stereocenters. The Morgan fingerprint density at radius 2 is 1.95 bits per heavy atom. The van der Waals surface area contributed by atoms with Crippen LogP contribution >= 0.6 is 0 Å². The molecule has 0 bridgehead atoms. The van der Waals surface area contributed by atoms with E-state index < -0.39 is 0 Å². The quantitative estimate of drug-likeness (QED) is 0.867. The van der Waals surface area contributed by atoms with Crippen LogP contribution in [0, 0.1) is 17.2 Å². The van der Waals surface area contributed by atoms with E-state index in [1.165, 1.54) is 0 Å². The lowest BCUT2D eigenvalue weighted by atomic mass is 9.97. The average Bonchev–Trinajstić information content (AvgIpc) is 2.61. The van der Waals surface area contributed by atoms with Crippen molar-refractivity contribution in [3.8, 4) is 11.9 Å². The van der Waals surface area contributed by atoms with Crippen LogP contribution in [0.3, 0.4) is 0 Å². The van der Waals surface area contributed by atoms with Gasteiger partial charge in [-0.25, -0.2) is 9.97 Å². The molecule has 112 valence electrons. The van der Waals surface area contributed by atoms with E-state index in [1.54, 1.807) is 12.4 Å². The number of piperidine rings is 1. The fourth-order valence-electron chi connectivity index (χ4n) is 2.71. The van der Waals surface area contributed by atoms with Crippen LogP contribution in [-0.4, -0.2) is 29.7 Å². The largest absolute Gasteiger partial charge is 0.477 e. The van der Waals surface area contributed by atoms with Crippen LogP contribution in [0.5, 0.6) is 5.88 Å². The SMILES string of the molecule is N#Cc1ncccc1N1CCC(COc2ccccn2)CC1. The molecule has 2 aromatic rings. The molecule has 1 aliphatic heterocycles. The number of aromatic nitrogens is 2. The number of hydrogen-bond acceptors (Lipinski definition) is 5. The molecule has 0 aliphatic carbocycles. The van der Waals surface area contributed by atoms with Crippen molar-refractivity contribution in [2.75, 3.05) is 24.6 Å². The van der Waals surface area contributed by atoms with Crippen molar-refractivity contribution < 1.29 is 4.74 Å². The van der Waals surface area contributed by atoms with E-state index in [9.17, 15) is 0 Å². The molecular weight excluding hydrogens is 276 g/mol. The van der Waals surface area contributed by atoms with E-state index in [-0.39, 0.29) is 0 Å². The van der Waals surface area contributed by atoms with Crippen molar-refractivity contribution in [3.63, 3.8) is 0 Å². The first-order valence-corrected chi connectivity index (χ1v) is 7.50. The Hall–Kier alpha value is -2.61. The summed E-state index contributed by atoms with van der Waals surface area (Å²) in [7, 11) is 0. The zero-order chi connectivity index (χ0) is 15.2. The highest BCUT2D eigenvalue weighted by molar-refractivity contribution is 5.55. The maximum atomic E-state index is 9.15. The minimum Gasteiger partial charge on any atom is -0.477 e. The van der Waals surface area contributed by atoms with Crippen molar-refractivity contribution in [2.45, 2.75) is 12.8 Å². The maximum absolute atomic E-state index is 9.15. The van der Waals surface area contributed by atoms with E-state index in [0.29, 0.717) is 24.1 Å². The van der Waals surface area contributed by atoms with E-state index in [1.807, 2.05) is 30.3 Å². The predicted octanol–water partition coefficient (Wildman–Crippen LogP) is 2.64. The lowest BCUT2D eigenvalue weighted by Crippen LogP contribution is -2.36. The Kier molecular flexibility index (Phi) is 4.50. The molecule has 1 saturated heterocycles. The monoisotopic (exact) mass is 294 g/mol. The van der Waals surface area contributed by atoms with E-state index in [2.05, 4.69) is 20.9 Å². The van der Waals surface area contributed by atoms with Crippen LogP contribution in [-0.2, 0) is 0 Å². The molecule has 2 aromatic heterocycles. The summed E-state index contributed by atoms with van der Waals surface area (Å²) in [6, 6.07) is 11.7. The molecule has 3 heterocycles. The third kappa shape index (κ3) is 3.34. The third-order valence-corrected chi connectivity index (χ3v) is 3.95. The lowest BCUT2D eigenvalue weighted by molar-refractivity contribution is 0.216. The van der Waals surface area contributed by atoms with E-state index >= 15 is 0 Å². The Bertz CT molecular complexity index is 645. The van der Waals surface area contributed by atoms with Gasteiger partial charge in [-0.1, -0.05) is 6.07 Å². The first kappa shape index (κ1) is 14.3. The molecule has 1 aliphatic rings. The predicted molar refractivity (Wildman–Crippen MR) is 83.6 cm³/mol. The summed E-state index contributed by atoms with van der Waals surface area (Å²) < 4.78 is 5.74. The van der Waals surface area contributed by atoms with Crippen LogP contribution in [0.4, 0.5) is 5.69 Å². The minimum absolute atomic E-state index is 0.505. The molecule has 0 amide bonds. The summed E-state index contributed by atoms with van der Waals surface area (Å²) in [6.45, 7) is 2.55. The summed E-state index contributed by atoms with van der Waals surface area (Å²) in [4.78, 5) is 10.5. The van der Waals surface area contributed by atoms with Gasteiger partial charge in [-0.3, -0.25) is 0 Å². The lowest BCUT2D eigenvalue weighted by Gasteiger charge is -2.33. The standard InChI is InChI=1S/C17H18N4O/c18-12-15-16(4-3-9-19-15)21-10-6-14(7-11-21)13-22-17-5-1-2-8-20-17/h1-5,8-9,14H,6-7,10-11,13H2. The minimum atomic E-state index is 0.505. The van der Waals surface area contributed by atoms with Crippen LogP contribution < -0.4 is 9.64 Å². The van der Waals surface area contributed by atoms with Gasteiger partial charge in [-0.15, -0.1) is 0 Å². The van der Waals surface area contributed by atoms with Gasteiger partial charge in [0.15, 0.2) is 5.69 Å². The molecule has 5 heteroatoms. The Labute approximate surface area is 130 Å². The van der Waals surface area contributed by atoms with Crippen LogP contribution in [0.2, 0.25) is 0 Å². The average molecular weight is 294 g/mol. The van der Waals surface area contributed by atoms with Crippen molar-refractivity contribution in [1.82, 2.24) is 9.97 Å². The second kappa shape index (κ2) is 6.90. The second-order valence-corrected chi connectivity index (χ2v) is 5.39. The smallest absolute Gasteiger partial charge is 0.213 e. The van der Waals surface area contributed by atoms with Crippen LogP contribution in [0.25, 0.3) is 0 Å². The van der Waals surface area contributed by atoms with E-state index in [4.69, 9.17) is 10.00 Å². The normalized spacial score (nSPS) is 15.3. The van der Waals surface area contributed by atoms with Gasteiger partial charge in [0, 0.05) is 31.5 Å². The maximum Gasteiger partial charge on any atom is 0.213 e. The third-order valence-electron chi connectivity index (χ3n) is 3.95. The van der Waals surface area contributed by atoms with Crippen molar-refractivity contribution >= 4 is 5.69 Å². The zero-order valence-electron chi connectivity index (χ0n) is 12.4. The fraction of sp³-hybridized carbons (Fsp3) is 0.353. The van der Waals surface area contributed by atoms with Gasteiger partial charge in [-0.05, 0) is 37.0 Å². The molecular formula is C17H18N4O. The number of pyridine rings is 2. The molecule has 0 aromatic carbocycles. The summed E-state index contributed by atoms with van der Waals surface area (Å²) in [5.74, 6) is 1.21. The first-order chi connectivity index (χ1) is 10.9. The Morgan fingerprint density at radius 3 is 2.68 bits per heavy atom. The number of nitriles is 1. The van der Waals surface area contributed by atoms with Crippen molar-refractivity contribution in [3.05, 3.63) is 48.4 Å². The topological polar surface area (TPSA) is 62.0 Å². The summed E-state index contributed by atoms with van der Waals surface area (Å²) in [6.07, 6.45) is 5.50. The van der Waals surface area contributed by atoms with Gasteiger partial charge in [0.2, 0.25) is 5.88 Å². The van der Waals surface area contributed by atoms with Crippen LogP contribution in [0.15, 0.2) is 42.7 Å². The molecule has 0 unspecified atom stereocenters. The van der Waals surface area contributed by atoms with Gasteiger partial charge in [0.25, 0.3) is 0 Å². The molecule has 22 heavy (non-hydrogen) atoms. The molecule has 0 saturated carbocycles. The summed E-state index contributed by atoms with van der Waals surface area (Å²) >= 11 is 0. The summed E-state index contributed by atoms with van der Waals surface area (Å²) in [5, 5.41) is 9.15. The first-order valence-electron chi connectivity index (χ1n) is 7.50. The Morgan fingerprint density at radius 1 is 1.14 bits per heavy atom. The zero-order valence-corrected chi connectivity index (χ0v) is 12.4. The number of rotatable bonds is 4. The number of hydrogen-bond donors (Lipinski definition) is 0. The van der Waals surface area contributed by atoms with Gasteiger partial charge in [-0.2, -0.15) is 5.26 Å². The van der Waals surface area contributed by atoms with Crippen molar-refractivity contribution in [2.24, 2.45) is 5.92 Å². The number of ether oxygens (including phenoxy) is 1.